The molecule has 0 aliphatic heterocycles. The van der Waals surface area contributed by atoms with Gasteiger partial charge in [0.05, 0.1) is 5.52 Å². The Balaban J connectivity index is 2.04. The molecule has 0 spiro atoms. The summed E-state index contributed by atoms with van der Waals surface area (Å²) in [7, 11) is 1.86. The molecule has 0 aliphatic rings. The molecule has 0 aliphatic carbocycles. The molecule has 0 fully saturated rings. The minimum atomic E-state index is -0.0258. The number of hydrogen-bond donors (Lipinski definition) is 0. The number of aryl methyl sites for hydroxylation is 1. The van der Waals surface area contributed by atoms with Crippen LogP contribution in [0.4, 0.5) is 0 Å². The van der Waals surface area contributed by atoms with Crippen molar-refractivity contribution in [2.45, 2.75) is 19.8 Å². The zero-order valence-corrected chi connectivity index (χ0v) is 12.5. The lowest BCUT2D eigenvalue weighted by Crippen LogP contribution is -2.04. The zero-order chi connectivity index (χ0) is 15.0. The van der Waals surface area contributed by atoms with Crippen molar-refractivity contribution < 1.29 is 4.79 Å². The van der Waals surface area contributed by atoms with E-state index in [2.05, 4.69) is 18.9 Å². The Hall–Kier alpha value is -2.42. The molecular weight excluding hydrogens is 260 g/mol. The van der Waals surface area contributed by atoms with Crippen LogP contribution in [0.1, 0.15) is 41.4 Å². The minimum Gasteiger partial charge on any atom is -0.287 e. The van der Waals surface area contributed by atoms with E-state index in [1.165, 1.54) is 5.56 Å². The van der Waals surface area contributed by atoms with Crippen LogP contribution in [-0.2, 0) is 7.05 Å². The molecule has 0 atom stereocenters. The average Bonchev–Trinajstić information content (AvgIpc) is 2.84. The summed E-state index contributed by atoms with van der Waals surface area (Å²) in [5.74, 6) is 0.437. The van der Waals surface area contributed by atoms with Crippen LogP contribution in [-0.4, -0.2) is 15.6 Å². The smallest absolute Gasteiger partial charge is 0.213 e. The van der Waals surface area contributed by atoms with Gasteiger partial charge in [0.2, 0.25) is 5.78 Å². The molecule has 0 bridgehead atoms. The molecule has 0 radical (unpaired) electrons. The molecule has 21 heavy (non-hydrogen) atoms. The lowest BCUT2D eigenvalue weighted by atomic mass is 9.99. The van der Waals surface area contributed by atoms with E-state index < -0.39 is 0 Å². The van der Waals surface area contributed by atoms with E-state index in [9.17, 15) is 4.79 Å². The highest BCUT2D eigenvalue weighted by molar-refractivity contribution is 6.14. The number of nitrogens with zero attached hydrogens (tertiary/aromatic N) is 2. The van der Waals surface area contributed by atoms with Gasteiger partial charge in [0.1, 0.15) is 5.69 Å². The third kappa shape index (κ3) is 2.35. The summed E-state index contributed by atoms with van der Waals surface area (Å²) in [6, 6.07) is 15.6. The summed E-state index contributed by atoms with van der Waals surface area (Å²) in [6.45, 7) is 4.28. The molecule has 3 rings (SSSR count). The molecule has 1 aromatic heterocycles. The standard InChI is InChI=1S/C18H18N2O/c1-12(2)13-8-10-14(11-9-13)18(21)17-15-6-4-5-7-16(15)20(3)19-17/h4-12H,1-3H3. The Bertz CT molecular complexity index is 798. The normalized spacial score (nSPS) is 11.2. The van der Waals surface area contributed by atoms with Gasteiger partial charge in [0.15, 0.2) is 0 Å². The molecule has 3 nitrogen and oxygen atoms in total. The summed E-state index contributed by atoms with van der Waals surface area (Å²) >= 11 is 0. The molecule has 3 heteroatoms. The first-order valence-electron chi connectivity index (χ1n) is 7.14. The van der Waals surface area contributed by atoms with Gasteiger partial charge in [-0.3, -0.25) is 9.48 Å². The van der Waals surface area contributed by atoms with Gasteiger partial charge in [0.25, 0.3) is 0 Å². The van der Waals surface area contributed by atoms with Gasteiger partial charge in [-0.2, -0.15) is 5.10 Å². The van der Waals surface area contributed by atoms with Gasteiger partial charge >= 0.3 is 0 Å². The molecule has 0 saturated heterocycles. The first-order valence-corrected chi connectivity index (χ1v) is 7.14. The first kappa shape index (κ1) is 13.6. The maximum Gasteiger partial charge on any atom is 0.213 e. The molecule has 0 amide bonds. The number of carbonyl (C=O) groups is 1. The van der Waals surface area contributed by atoms with Crippen molar-refractivity contribution in [1.82, 2.24) is 9.78 Å². The van der Waals surface area contributed by atoms with E-state index in [0.717, 1.165) is 10.9 Å². The maximum absolute atomic E-state index is 12.7. The summed E-state index contributed by atoms with van der Waals surface area (Å²) in [4.78, 5) is 12.7. The second-order valence-corrected chi connectivity index (χ2v) is 5.60. The fourth-order valence-corrected chi connectivity index (χ4v) is 2.54. The molecule has 0 saturated carbocycles. The van der Waals surface area contributed by atoms with Crippen LogP contribution < -0.4 is 0 Å². The van der Waals surface area contributed by atoms with Gasteiger partial charge in [-0.15, -0.1) is 0 Å². The first-order chi connectivity index (χ1) is 10.1. The Morgan fingerprint density at radius 1 is 1.05 bits per heavy atom. The van der Waals surface area contributed by atoms with Crippen molar-refractivity contribution in [2.75, 3.05) is 0 Å². The quantitative estimate of drug-likeness (QED) is 0.680. The van der Waals surface area contributed by atoms with Crippen LogP contribution in [0.25, 0.3) is 10.9 Å². The highest BCUT2D eigenvalue weighted by Crippen LogP contribution is 2.21. The maximum atomic E-state index is 12.7. The fraction of sp³-hybridized carbons (Fsp3) is 0.222. The number of fused-ring (bicyclic) bond motifs is 1. The topological polar surface area (TPSA) is 34.9 Å². The Labute approximate surface area is 124 Å². The number of para-hydroxylation sites is 1. The highest BCUT2D eigenvalue weighted by atomic mass is 16.1. The molecule has 106 valence electrons. The molecule has 1 heterocycles. The lowest BCUT2D eigenvalue weighted by molar-refractivity contribution is 0.103. The molecular formula is C18H18N2O. The fourth-order valence-electron chi connectivity index (χ4n) is 2.54. The summed E-state index contributed by atoms with van der Waals surface area (Å²) in [6.07, 6.45) is 0. The predicted octanol–water partition coefficient (Wildman–Crippen LogP) is 3.93. The minimum absolute atomic E-state index is 0.0258. The second-order valence-electron chi connectivity index (χ2n) is 5.60. The van der Waals surface area contributed by atoms with E-state index >= 15 is 0 Å². The molecule has 2 aromatic carbocycles. The largest absolute Gasteiger partial charge is 0.287 e. The molecule has 3 aromatic rings. The van der Waals surface area contributed by atoms with Gasteiger partial charge in [-0.1, -0.05) is 56.3 Å². The number of hydrogen-bond acceptors (Lipinski definition) is 2. The monoisotopic (exact) mass is 278 g/mol. The predicted molar refractivity (Wildman–Crippen MR) is 84.7 cm³/mol. The van der Waals surface area contributed by atoms with Crippen molar-refractivity contribution in [2.24, 2.45) is 7.05 Å². The van der Waals surface area contributed by atoms with Gasteiger partial charge < -0.3 is 0 Å². The summed E-state index contributed by atoms with van der Waals surface area (Å²) < 4.78 is 1.76. The SMILES string of the molecule is CC(C)c1ccc(C(=O)c2nn(C)c3ccccc23)cc1. The summed E-state index contributed by atoms with van der Waals surface area (Å²) in [5, 5.41) is 5.29. The van der Waals surface area contributed by atoms with Crippen molar-refractivity contribution in [1.29, 1.82) is 0 Å². The second kappa shape index (κ2) is 5.17. The zero-order valence-electron chi connectivity index (χ0n) is 12.5. The van der Waals surface area contributed by atoms with Crippen LogP contribution >= 0.6 is 0 Å². The van der Waals surface area contributed by atoms with Crippen molar-refractivity contribution in [3.63, 3.8) is 0 Å². The Morgan fingerprint density at radius 2 is 1.71 bits per heavy atom. The van der Waals surface area contributed by atoms with E-state index in [0.29, 0.717) is 17.2 Å². The number of carbonyl (C=O) groups excluding carboxylic acids is 1. The van der Waals surface area contributed by atoms with E-state index in [4.69, 9.17) is 0 Å². The van der Waals surface area contributed by atoms with Crippen molar-refractivity contribution in [3.8, 4) is 0 Å². The van der Waals surface area contributed by atoms with Crippen molar-refractivity contribution >= 4 is 16.7 Å². The Kier molecular flexibility index (Phi) is 3.34. The van der Waals surface area contributed by atoms with E-state index in [1.54, 1.807) is 4.68 Å². The number of ketones is 1. The third-order valence-electron chi connectivity index (χ3n) is 3.81. The van der Waals surface area contributed by atoms with Crippen LogP contribution in [0.15, 0.2) is 48.5 Å². The van der Waals surface area contributed by atoms with Gasteiger partial charge in [0, 0.05) is 18.0 Å². The highest BCUT2D eigenvalue weighted by Gasteiger charge is 2.17. The van der Waals surface area contributed by atoms with Crippen LogP contribution in [0.2, 0.25) is 0 Å². The van der Waals surface area contributed by atoms with Gasteiger partial charge in [-0.05, 0) is 17.5 Å². The lowest BCUT2D eigenvalue weighted by Gasteiger charge is -2.05. The van der Waals surface area contributed by atoms with Crippen molar-refractivity contribution in [3.05, 3.63) is 65.4 Å². The van der Waals surface area contributed by atoms with E-state index in [-0.39, 0.29) is 5.78 Å². The molecule has 0 unspecified atom stereocenters. The number of aromatic nitrogens is 2. The van der Waals surface area contributed by atoms with Gasteiger partial charge in [-0.25, -0.2) is 0 Å². The molecule has 0 N–H and O–H groups in total. The number of benzene rings is 2. The van der Waals surface area contributed by atoms with Crippen LogP contribution in [0, 0.1) is 0 Å². The van der Waals surface area contributed by atoms with E-state index in [1.807, 2.05) is 55.6 Å². The van der Waals surface area contributed by atoms with Crippen LogP contribution in [0.3, 0.4) is 0 Å². The Morgan fingerprint density at radius 3 is 2.38 bits per heavy atom. The summed E-state index contributed by atoms with van der Waals surface area (Å²) in [5.41, 5.74) is 3.41. The average molecular weight is 278 g/mol. The van der Waals surface area contributed by atoms with Crippen LogP contribution in [0.5, 0.6) is 0 Å². The third-order valence-corrected chi connectivity index (χ3v) is 3.81. The number of rotatable bonds is 3.